The molecule has 2 aromatic carbocycles. The second-order valence-corrected chi connectivity index (χ2v) is 9.49. The van der Waals surface area contributed by atoms with E-state index in [2.05, 4.69) is 5.32 Å². The predicted octanol–water partition coefficient (Wildman–Crippen LogP) is 3.46. The molecule has 0 atom stereocenters. The van der Waals surface area contributed by atoms with Gasteiger partial charge in [-0.25, -0.2) is 8.42 Å². The molecule has 1 amide bonds. The number of carbonyl (C=O) groups excluding carboxylic acids is 1. The van der Waals surface area contributed by atoms with Gasteiger partial charge in [-0.3, -0.25) is 4.79 Å². The number of carbonyl (C=O) groups is 1. The molecule has 174 valence electrons. The minimum absolute atomic E-state index is 0.152. The number of nitrogens with zero attached hydrogens (tertiary/aromatic N) is 1. The highest BCUT2D eigenvalue weighted by Gasteiger charge is 2.26. The van der Waals surface area contributed by atoms with Gasteiger partial charge in [-0.05, 0) is 55.2 Å². The van der Waals surface area contributed by atoms with E-state index in [0.717, 1.165) is 19.3 Å². The lowest BCUT2D eigenvalue weighted by Crippen LogP contribution is -2.35. The maximum absolute atomic E-state index is 13.0. The van der Waals surface area contributed by atoms with Crippen LogP contribution in [0.4, 0.5) is 5.69 Å². The standard InChI is InChI=1S/C23H30N2O6S/c1-29-18-8-10-20(22(16-18)31-3)24-23(26)12-7-17-15-19(9-11-21(17)30-2)32(27,28)25-13-5-4-6-14-25/h8-11,15-16H,4-7,12-14H2,1-3H3,(H,24,26). The smallest absolute Gasteiger partial charge is 0.243 e. The summed E-state index contributed by atoms with van der Waals surface area (Å²) in [4.78, 5) is 12.8. The maximum atomic E-state index is 13.0. The van der Waals surface area contributed by atoms with Crippen molar-refractivity contribution < 1.29 is 27.4 Å². The summed E-state index contributed by atoms with van der Waals surface area (Å²) in [6, 6.07) is 9.96. The van der Waals surface area contributed by atoms with E-state index in [1.807, 2.05) is 0 Å². The van der Waals surface area contributed by atoms with E-state index >= 15 is 0 Å². The SMILES string of the molecule is COc1ccc(NC(=O)CCc2cc(S(=O)(=O)N3CCCCC3)ccc2OC)c(OC)c1. The number of anilines is 1. The molecule has 9 heteroatoms. The van der Waals surface area contributed by atoms with Gasteiger partial charge in [0.1, 0.15) is 17.2 Å². The molecule has 0 aromatic heterocycles. The van der Waals surface area contributed by atoms with Crippen LogP contribution in [0.2, 0.25) is 0 Å². The summed E-state index contributed by atoms with van der Waals surface area (Å²) < 4.78 is 43.5. The lowest BCUT2D eigenvalue weighted by atomic mass is 10.1. The van der Waals surface area contributed by atoms with E-state index in [0.29, 0.717) is 48.0 Å². The average Bonchev–Trinajstić information content (AvgIpc) is 2.83. The molecule has 1 N–H and O–H groups in total. The molecule has 0 unspecified atom stereocenters. The van der Waals surface area contributed by atoms with Crippen molar-refractivity contribution in [3.63, 3.8) is 0 Å². The fourth-order valence-electron chi connectivity index (χ4n) is 3.73. The van der Waals surface area contributed by atoms with Crippen LogP contribution in [-0.2, 0) is 21.2 Å². The molecule has 1 aliphatic rings. The number of sulfonamides is 1. The molecule has 8 nitrogen and oxygen atoms in total. The number of piperidine rings is 1. The molecule has 1 saturated heterocycles. The van der Waals surface area contributed by atoms with Crippen molar-refractivity contribution in [2.45, 2.75) is 37.0 Å². The van der Waals surface area contributed by atoms with Crippen LogP contribution < -0.4 is 19.5 Å². The second-order valence-electron chi connectivity index (χ2n) is 7.55. The van der Waals surface area contributed by atoms with Crippen molar-refractivity contribution in [3.8, 4) is 17.2 Å². The Balaban J connectivity index is 1.73. The van der Waals surface area contributed by atoms with Gasteiger partial charge in [0.25, 0.3) is 0 Å². The van der Waals surface area contributed by atoms with Gasteiger partial charge < -0.3 is 19.5 Å². The topological polar surface area (TPSA) is 94.2 Å². The van der Waals surface area contributed by atoms with Gasteiger partial charge in [0.2, 0.25) is 15.9 Å². The van der Waals surface area contributed by atoms with Crippen LogP contribution in [-0.4, -0.2) is 53.0 Å². The number of hydrogen-bond donors (Lipinski definition) is 1. The highest BCUT2D eigenvalue weighted by molar-refractivity contribution is 7.89. The van der Waals surface area contributed by atoms with Crippen molar-refractivity contribution in [3.05, 3.63) is 42.0 Å². The number of hydrogen-bond acceptors (Lipinski definition) is 6. The summed E-state index contributed by atoms with van der Waals surface area (Å²) >= 11 is 0. The first-order valence-corrected chi connectivity index (χ1v) is 12.0. The van der Waals surface area contributed by atoms with Gasteiger partial charge in [0.15, 0.2) is 0 Å². The maximum Gasteiger partial charge on any atom is 0.243 e. The molecule has 1 fully saturated rings. The Bertz CT molecular complexity index is 1050. The van der Waals surface area contributed by atoms with Gasteiger partial charge in [-0.2, -0.15) is 4.31 Å². The van der Waals surface area contributed by atoms with Crippen LogP contribution >= 0.6 is 0 Å². The van der Waals surface area contributed by atoms with Crippen molar-refractivity contribution in [2.75, 3.05) is 39.7 Å². The summed E-state index contributed by atoms with van der Waals surface area (Å²) in [5.41, 5.74) is 1.20. The highest BCUT2D eigenvalue weighted by atomic mass is 32.2. The molecule has 0 spiro atoms. The lowest BCUT2D eigenvalue weighted by Gasteiger charge is -2.26. The van der Waals surface area contributed by atoms with Crippen molar-refractivity contribution in [1.82, 2.24) is 4.31 Å². The zero-order valence-electron chi connectivity index (χ0n) is 18.7. The molecule has 1 aliphatic heterocycles. The fraction of sp³-hybridized carbons (Fsp3) is 0.435. The van der Waals surface area contributed by atoms with Crippen LogP contribution in [0, 0.1) is 0 Å². The molecule has 32 heavy (non-hydrogen) atoms. The minimum atomic E-state index is -3.56. The molecule has 0 aliphatic carbocycles. The van der Waals surface area contributed by atoms with Gasteiger partial charge >= 0.3 is 0 Å². The number of nitrogens with one attached hydrogen (secondary N) is 1. The van der Waals surface area contributed by atoms with Gasteiger partial charge in [0.05, 0.1) is 31.9 Å². The Morgan fingerprint density at radius 1 is 0.938 bits per heavy atom. The lowest BCUT2D eigenvalue weighted by molar-refractivity contribution is -0.116. The third kappa shape index (κ3) is 5.52. The molecule has 2 aromatic rings. The molecule has 0 saturated carbocycles. The second kappa shape index (κ2) is 10.7. The van der Waals surface area contributed by atoms with Gasteiger partial charge in [-0.15, -0.1) is 0 Å². The molecular formula is C23H30N2O6S. The van der Waals surface area contributed by atoms with E-state index < -0.39 is 10.0 Å². The quantitative estimate of drug-likeness (QED) is 0.613. The van der Waals surface area contributed by atoms with E-state index in [1.165, 1.54) is 18.5 Å². The number of ether oxygens (including phenoxy) is 3. The van der Waals surface area contributed by atoms with Gasteiger partial charge in [0, 0.05) is 25.6 Å². The third-order valence-electron chi connectivity index (χ3n) is 5.51. The first-order chi connectivity index (χ1) is 15.4. The van der Waals surface area contributed by atoms with Crippen molar-refractivity contribution >= 4 is 21.6 Å². The molecule has 0 radical (unpaired) electrons. The highest BCUT2D eigenvalue weighted by Crippen LogP contribution is 2.30. The van der Waals surface area contributed by atoms with Crippen LogP contribution in [0.15, 0.2) is 41.3 Å². The van der Waals surface area contributed by atoms with E-state index in [1.54, 1.807) is 43.5 Å². The number of aryl methyl sites for hydroxylation is 1. The summed E-state index contributed by atoms with van der Waals surface area (Å²) in [5, 5.41) is 2.83. The molecular weight excluding hydrogens is 432 g/mol. The zero-order chi connectivity index (χ0) is 23.1. The van der Waals surface area contributed by atoms with Crippen LogP contribution in [0.5, 0.6) is 17.2 Å². The normalized spacial score (nSPS) is 14.6. The predicted molar refractivity (Wildman–Crippen MR) is 122 cm³/mol. The summed E-state index contributed by atoms with van der Waals surface area (Å²) in [7, 11) is 1.04. The van der Waals surface area contributed by atoms with E-state index in [9.17, 15) is 13.2 Å². The Morgan fingerprint density at radius 2 is 1.66 bits per heavy atom. The summed E-state index contributed by atoms with van der Waals surface area (Å²) in [5.74, 6) is 1.44. The fourth-order valence-corrected chi connectivity index (χ4v) is 5.30. The molecule has 1 heterocycles. The van der Waals surface area contributed by atoms with E-state index in [-0.39, 0.29) is 17.2 Å². The third-order valence-corrected chi connectivity index (χ3v) is 7.40. The molecule has 0 bridgehead atoms. The van der Waals surface area contributed by atoms with Crippen molar-refractivity contribution in [2.24, 2.45) is 0 Å². The summed E-state index contributed by atoms with van der Waals surface area (Å²) in [6.45, 7) is 1.07. The number of methoxy groups -OCH3 is 3. The van der Waals surface area contributed by atoms with E-state index in [4.69, 9.17) is 14.2 Å². The van der Waals surface area contributed by atoms with Crippen LogP contribution in [0.25, 0.3) is 0 Å². The Morgan fingerprint density at radius 3 is 2.31 bits per heavy atom. The summed E-state index contributed by atoms with van der Waals surface area (Å²) in [6.07, 6.45) is 3.28. The van der Waals surface area contributed by atoms with Crippen LogP contribution in [0.3, 0.4) is 0 Å². The zero-order valence-corrected chi connectivity index (χ0v) is 19.5. The number of benzene rings is 2. The van der Waals surface area contributed by atoms with Gasteiger partial charge in [-0.1, -0.05) is 6.42 Å². The molecule has 3 rings (SSSR count). The number of amides is 1. The monoisotopic (exact) mass is 462 g/mol. The van der Waals surface area contributed by atoms with Crippen LogP contribution in [0.1, 0.15) is 31.2 Å². The first kappa shape index (κ1) is 23.9. The van der Waals surface area contributed by atoms with Crippen molar-refractivity contribution in [1.29, 1.82) is 0 Å². The minimum Gasteiger partial charge on any atom is -0.497 e. The Hall–Kier alpha value is -2.78. The first-order valence-electron chi connectivity index (χ1n) is 10.6. The number of rotatable bonds is 9. The average molecular weight is 463 g/mol. The Kier molecular flexibility index (Phi) is 7.98. The largest absolute Gasteiger partial charge is 0.497 e. The Labute approximate surface area is 189 Å².